The highest BCUT2D eigenvalue weighted by Crippen LogP contribution is 2.28. The monoisotopic (exact) mass is 318 g/mol. The van der Waals surface area contributed by atoms with Crippen molar-refractivity contribution in [3.8, 4) is 0 Å². The summed E-state index contributed by atoms with van der Waals surface area (Å²) < 4.78 is 5.04. The zero-order chi connectivity index (χ0) is 15.5. The third kappa shape index (κ3) is 3.22. The van der Waals surface area contributed by atoms with Gasteiger partial charge in [-0.05, 0) is 43.0 Å². The Bertz CT molecular complexity index is 659. The van der Waals surface area contributed by atoms with Crippen molar-refractivity contribution in [1.82, 2.24) is 4.90 Å². The van der Waals surface area contributed by atoms with Gasteiger partial charge in [-0.2, -0.15) is 0 Å². The molecule has 3 rings (SSSR count). The van der Waals surface area contributed by atoms with Gasteiger partial charge in [0.15, 0.2) is 5.76 Å². The Balaban J connectivity index is 1.60. The number of carbonyl (C=O) groups excluding carboxylic acids is 2. The zero-order valence-corrected chi connectivity index (χ0v) is 13.2. The Hall–Kier alpha value is -2.08. The van der Waals surface area contributed by atoms with Gasteiger partial charge in [0.05, 0.1) is 16.1 Å². The maximum absolute atomic E-state index is 12.4. The van der Waals surface area contributed by atoms with E-state index in [9.17, 15) is 9.59 Å². The van der Waals surface area contributed by atoms with Gasteiger partial charge in [-0.3, -0.25) is 9.59 Å². The number of nitrogens with zero attached hydrogens (tertiary/aromatic N) is 1. The first-order valence-electron chi connectivity index (χ1n) is 7.33. The number of hydrogen-bond donors (Lipinski definition) is 1. The first-order valence-corrected chi connectivity index (χ1v) is 8.15. The minimum absolute atomic E-state index is 0.00963. The van der Waals surface area contributed by atoms with Crippen molar-refractivity contribution >= 4 is 28.2 Å². The molecule has 5 nitrogen and oxygen atoms in total. The van der Waals surface area contributed by atoms with E-state index >= 15 is 0 Å². The van der Waals surface area contributed by atoms with Gasteiger partial charge >= 0.3 is 0 Å². The van der Waals surface area contributed by atoms with Crippen LogP contribution in [0.25, 0.3) is 0 Å². The lowest BCUT2D eigenvalue weighted by molar-refractivity contribution is 0.0750. The molecule has 1 saturated carbocycles. The second-order valence-electron chi connectivity index (χ2n) is 5.58. The quantitative estimate of drug-likeness (QED) is 0.918. The van der Waals surface area contributed by atoms with Crippen LogP contribution in [0.4, 0.5) is 5.00 Å². The van der Waals surface area contributed by atoms with E-state index in [1.807, 2.05) is 7.05 Å². The third-order valence-electron chi connectivity index (χ3n) is 3.90. The Kier molecular flexibility index (Phi) is 4.29. The Morgan fingerprint density at radius 2 is 2.18 bits per heavy atom. The van der Waals surface area contributed by atoms with E-state index in [2.05, 4.69) is 5.32 Å². The fourth-order valence-corrected chi connectivity index (χ4v) is 3.33. The normalized spacial score (nSPS) is 14.4. The average molecular weight is 318 g/mol. The molecule has 0 atom stereocenters. The van der Waals surface area contributed by atoms with Gasteiger partial charge in [-0.25, -0.2) is 0 Å². The molecule has 22 heavy (non-hydrogen) atoms. The van der Waals surface area contributed by atoms with Crippen molar-refractivity contribution < 1.29 is 14.0 Å². The van der Waals surface area contributed by atoms with Gasteiger partial charge in [0.25, 0.3) is 11.8 Å². The van der Waals surface area contributed by atoms with Crippen LogP contribution in [0.15, 0.2) is 34.9 Å². The fourth-order valence-electron chi connectivity index (χ4n) is 2.43. The Labute approximate surface area is 132 Å². The van der Waals surface area contributed by atoms with Gasteiger partial charge in [0, 0.05) is 13.6 Å². The molecule has 0 spiro atoms. The van der Waals surface area contributed by atoms with Gasteiger partial charge in [-0.1, -0.05) is 6.42 Å². The molecule has 0 aromatic carbocycles. The highest BCUT2D eigenvalue weighted by Gasteiger charge is 2.23. The predicted octanol–water partition coefficient (Wildman–Crippen LogP) is 3.47. The number of thiophene rings is 1. The molecular formula is C16H18N2O3S. The van der Waals surface area contributed by atoms with E-state index < -0.39 is 0 Å². The molecule has 2 aromatic heterocycles. The van der Waals surface area contributed by atoms with Crippen LogP contribution in [0, 0.1) is 5.92 Å². The van der Waals surface area contributed by atoms with Crippen LogP contribution >= 0.6 is 11.3 Å². The molecule has 0 aliphatic heterocycles. The SMILES string of the molecule is CN(CC1CCC1)C(=O)c1ccc(NC(=O)c2ccco2)s1. The predicted molar refractivity (Wildman–Crippen MR) is 85.3 cm³/mol. The minimum atomic E-state index is -0.311. The summed E-state index contributed by atoms with van der Waals surface area (Å²) in [5.41, 5.74) is 0. The summed E-state index contributed by atoms with van der Waals surface area (Å²) in [5.74, 6) is 0.597. The smallest absolute Gasteiger partial charge is 0.291 e. The molecule has 2 aromatic rings. The highest BCUT2D eigenvalue weighted by molar-refractivity contribution is 7.18. The lowest BCUT2D eigenvalue weighted by atomic mass is 9.85. The van der Waals surface area contributed by atoms with Gasteiger partial charge in [-0.15, -0.1) is 11.3 Å². The summed E-state index contributed by atoms with van der Waals surface area (Å²) in [4.78, 5) is 26.6. The van der Waals surface area contributed by atoms with E-state index in [4.69, 9.17) is 4.42 Å². The summed E-state index contributed by atoms with van der Waals surface area (Å²) in [6.07, 6.45) is 5.15. The number of carbonyl (C=O) groups is 2. The van der Waals surface area contributed by atoms with Crippen molar-refractivity contribution in [2.75, 3.05) is 18.9 Å². The van der Waals surface area contributed by atoms with E-state index in [-0.39, 0.29) is 17.6 Å². The molecule has 116 valence electrons. The Morgan fingerprint density at radius 3 is 2.82 bits per heavy atom. The van der Waals surface area contributed by atoms with Crippen molar-refractivity contribution in [2.24, 2.45) is 5.92 Å². The fraction of sp³-hybridized carbons (Fsp3) is 0.375. The number of rotatable bonds is 5. The van der Waals surface area contributed by atoms with Crippen molar-refractivity contribution in [3.05, 3.63) is 41.2 Å². The lowest BCUT2D eigenvalue weighted by Crippen LogP contribution is -2.33. The van der Waals surface area contributed by atoms with Crippen molar-refractivity contribution in [1.29, 1.82) is 0 Å². The number of nitrogens with one attached hydrogen (secondary N) is 1. The second-order valence-corrected chi connectivity index (χ2v) is 6.66. The van der Waals surface area contributed by atoms with Crippen LogP contribution in [0.5, 0.6) is 0 Å². The topological polar surface area (TPSA) is 62.6 Å². The van der Waals surface area contributed by atoms with E-state index in [1.165, 1.54) is 36.9 Å². The third-order valence-corrected chi connectivity index (χ3v) is 4.89. The van der Waals surface area contributed by atoms with Gasteiger partial charge < -0.3 is 14.6 Å². The van der Waals surface area contributed by atoms with E-state index in [0.717, 1.165) is 6.54 Å². The number of anilines is 1. The molecule has 0 saturated heterocycles. The molecule has 0 bridgehead atoms. The number of hydrogen-bond acceptors (Lipinski definition) is 4. The summed E-state index contributed by atoms with van der Waals surface area (Å²) in [6, 6.07) is 6.76. The van der Waals surface area contributed by atoms with Gasteiger partial charge in [0.1, 0.15) is 0 Å². The Morgan fingerprint density at radius 1 is 1.36 bits per heavy atom. The first kappa shape index (κ1) is 14.8. The highest BCUT2D eigenvalue weighted by atomic mass is 32.1. The summed E-state index contributed by atoms with van der Waals surface area (Å²) in [7, 11) is 1.83. The maximum Gasteiger partial charge on any atom is 0.291 e. The van der Waals surface area contributed by atoms with Crippen LogP contribution in [0.2, 0.25) is 0 Å². The standard InChI is InChI=1S/C16H18N2O3S/c1-18(10-11-4-2-5-11)16(20)13-7-8-14(22-13)17-15(19)12-6-3-9-21-12/h3,6-9,11H,2,4-5,10H2,1H3,(H,17,19). The number of amides is 2. The largest absolute Gasteiger partial charge is 0.459 e. The number of furan rings is 1. The van der Waals surface area contributed by atoms with Crippen molar-refractivity contribution in [2.45, 2.75) is 19.3 Å². The molecule has 2 amide bonds. The minimum Gasteiger partial charge on any atom is -0.459 e. The van der Waals surface area contributed by atoms with Crippen LogP contribution in [-0.2, 0) is 0 Å². The molecule has 6 heteroatoms. The average Bonchev–Trinajstić information content (AvgIpc) is 3.12. The molecule has 1 aliphatic carbocycles. The van der Waals surface area contributed by atoms with Crippen LogP contribution < -0.4 is 5.32 Å². The first-order chi connectivity index (χ1) is 10.6. The molecule has 2 heterocycles. The summed E-state index contributed by atoms with van der Waals surface area (Å²) in [6.45, 7) is 0.810. The molecular weight excluding hydrogens is 300 g/mol. The van der Waals surface area contributed by atoms with Gasteiger partial charge in [0.2, 0.25) is 0 Å². The molecule has 0 unspecified atom stereocenters. The lowest BCUT2D eigenvalue weighted by Gasteiger charge is -2.29. The van der Waals surface area contributed by atoms with Crippen LogP contribution in [0.3, 0.4) is 0 Å². The second kappa shape index (κ2) is 6.36. The molecule has 1 N–H and O–H groups in total. The molecule has 1 fully saturated rings. The van der Waals surface area contributed by atoms with E-state index in [1.54, 1.807) is 29.2 Å². The maximum atomic E-state index is 12.4. The van der Waals surface area contributed by atoms with Crippen LogP contribution in [0.1, 0.15) is 39.5 Å². The summed E-state index contributed by atoms with van der Waals surface area (Å²) >= 11 is 1.28. The van der Waals surface area contributed by atoms with Crippen LogP contribution in [-0.4, -0.2) is 30.3 Å². The van der Waals surface area contributed by atoms with Crippen molar-refractivity contribution in [3.63, 3.8) is 0 Å². The zero-order valence-electron chi connectivity index (χ0n) is 12.4. The van der Waals surface area contributed by atoms with E-state index in [0.29, 0.717) is 15.8 Å². The molecule has 0 radical (unpaired) electrons. The summed E-state index contributed by atoms with van der Waals surface area (Å²) in [5, 5.41) is 3.38. The molecule has 1 aliphatic rings.